The fourth-order valence-electron chi connectivity index (χ4n) is 2.25. The largest absolute Gasteiger partial charge is 0.395 e. The van der Waals surface area contributed by atoms with Crippen LogP contribution < -0.4 is 4.72 Å². The molecule has 0 amide bonds. The molecule has 0 aliphatic rings. The molecular weight excluding hydrogens is 298 g/mol. The highest BCUT2D eigenvalue weighted by atomic mass is 32.2. The zero-order chi connectivity index (χ0) is 15.8. The van der Waals surface area contributed by atoms with Gasteiger partial charge in [-0.05, 0) is 24.0 Å². The van der Waals surface area contributed by atoms with Crippen LogP contribution in [-0.2, 0) is 22.9 Å². The third-order valence-corrected chi connectivity index (χ3v) is 4.83. The van der Waals surface area contributed by atoms with Crippen molar-refractivity contribution in [3.8, 4) is 0 Å². The fraction of sp³-hybridized carbons (Fsp3) is 0.294. The van der Waals surface area contributed by atoms with Gasteiger partial charge >= 0.3 is 0 Å². The number of aryl methyl sites for hydroxylation is 1. The first kappa shape index (κ1) is 16.7. The van der Waals surface area contributed by atoms with Crippen LogP contribution in [0.5, 0.6) is 0 Å². The van der Waals surface area contributed by atoms with Crippen LogP contribution in [0.2, 0.25) is 0 Å². The van der Waals surface area contributed by atoms with Gasteiger partial charge in [0.15, 0.2) is 0 Å². The molecule has 2 aromatic rings. The number of hydrogen-bond acceptors (Lipinski definition) is 3. The van der Waals surface area contributed by atoms with Crippen LogP contribution in [0.15, 0.2) is 60.7 Å². The van der Waals surface area contributed by atoms with E-state index in [1.54, 1.807) is 0 Å². The highest BCUT2D eigenvalue weighted by Crippen LogP contribution is 2.06. The summed E-state index contributed by atoms with van der Waals surface area (Å²) in [5.41, 5.74) is 1.98. The number of nitrogens with one attached hydrogen (secondary N) is 1. The maximum Gasteiger partial charge on any atom is 0.212 e. The molecule has 2 aromatic carbocycles. The van der Waals surface area contributed by atoms with Crippen LogP contribution in [0.4, 0.5) is 0 Å². The highest BCUT2D eigenvalue weighted by Gasteiger charge is 2.17. The van der Waals surface area contributed by atoms with Crippen molar-refractivity contribution in [3.63, 3.8) is 0 Å². The molecule has 0 bridgehead atoms. The van der Waals surface area contributed by atoms with E-state index < -0.39 is 16.1 Å². The van der Waals surface area contributed by atoms with E-state index in [-0.39, 0.29) is 12.4 Å². The molecule has 0 radical (unpaired) electrons. The van der Waals surface area contributed by atoms with Crippen molar-refractivity contribution in [2.75, 3.05) is 12.4 Å². The van der Waals surface area contributed by atoms with E-state index in [4.69, 9.17) is 0 Å². The topological polar surface area (TPSA) is 66.4 Å². The second kappa shape index (κ2) is 8.08. The summed E-state index contributed by atoms with van der Waals surface area (Å²) >= 11 is 0. The second-order valence-electron chi connectivity index (χ2n) is 5.24. The minimum atomic E-state index is -3.42. The van der Waals surface area contributed by atoms with Gasteiger partial charge in [-0.15, -0.1) is 0 Å². The predicted octanol–water partition coefficient (Wildman–Crippen LogP) is 1.75. The molecule has 0 saturated heterocycles. The van der Waals surface area contributed by atoms with Crippen molar-refractivity contribution in [1.29, 1.82) is 0 Å². The average Bonchev–Trinajstić information content (AvgIpc) is 2.54. The van der Waals surface area contributed by atoms with Crippen molar-refractivity contribution in [2.24, 2.45) is 0 Å². The standard InChI is InChI=1S/C17H21NO3S/c19-14-17(13-16-9-5-2-6-10-16)18-22(20,21)12-11-15-7-3-1-4-8-15/h1-10,17-19H,11-14H2/t17-/m0/s1. The van der Waals surface area contributed by atoms with Crippen molar-refractivity contribution in [1.82, 2.24) is 4.72 Å². The zero-order valence-electron chi connectivity index (χ0n) is 12.4. The van der Waals surface area contributed by atoms with Gasteiger partial charge in [-0.25, -0.2) is 13.1 Å². The van der Waals surface area contributed by atoms with E-state index in [0.29, 0.717) is 12.8 Å². The molecule has 0 fully saturated rings. The van der Waals surface area contributed by atoms with Gasteiger partial charge in [0.1, 0.15) is 0 Å². The lowest BCUT2D eigenvalue weighted by molar-refractivity contribution is 0.256. The third kappa shape index (κ3) is 5.60. The molecular formula is C17H21NO3S. The summed E-state index contributed by atoms with van der Waals surface area (Å²) in [4.78, 5) is 0. The Morgan fingerprint density at radius 1 is 0.909 bits per heavy atom. The zero-order valence-corrected chi connectivity index (χ0v) is 13.2. The van der Waals surface area contributed by atoms with E-state index >= 15 is 0 Å². The molecule has 5 heteroatoms. The normalized spacial score (nSPS) is 13.0. The molecule has 4 nitrogen and oxygen atoms in total. The van der Waals surface area contributed by atoms with Gasteiger partial charge in [0.05, 0.1) is 12.4 Å². The molecule has 0 heterocycles. The summed E-state index contributed by atoms with van der Waals surface area (Å²) in [5, 5.41) is 9.41. The van der Waals surface area contributed by atoms with Gasteiger partial charge in [-0.3, -0.25) is 0 Å². The molecule has 1 atom stereocenters. The molecule has 0 aliphatic carbocycles. The number of aliphatic hydroxyl groups excluding tert-OH is 1. The van der Waals surface area contributed by atoms with E-state index in [1.165, 1.54) is 0 Å². The maximum atomic E-state index is 12.1. The van der Waals surface area contributed by atoms with E-state index in [2.05, 4.69) is 4.72 Å². The van der Waals surface area contributed by atoms with Gasteiger partial charge in [-0.2, -0.15) is 0 Å². The summed E-state index contributed by atoms with van der Waals surface area (Å²) < 4.78 is 26.9. The Morgan fingerprint density at radius 2 is 1.45 bits per heavy atom. The minimum Gasteiger partial charge on any atom is -0.395 e. The lowest BCUT2D eigenvalue weighted by Gasteiger charge is -2.16. The number of sulfonamides is 1. The second-order valence-corrected chi connectivity index (χ2v) is 7.11. The Balaban J connectivity index is 1.91. The van der Waals surface area contributed by atoms with Crippen molar-refractivity contribution >= 4 is 10.0 Å². The molecule has 0 aliphatic heterocycles. The summed E-state index contributed by atoms with van der Waals surface area (Å²) in [6.07, 6.45) is 0.932. The summed E-state index contributed by atoms with van der Waals surface area (Å²) in [6, 6.07) is 18.5. The third-order valence-electron chi connectivity index (χ3n) is 3.39. The lowest BCUT2D eigenvalue weighted by Crippen LogP contribution is -2.40. The minimum absolute atomic E-state index is 0.0162. The van der Waals surface area contributed by atoms with Crippen molar-refractivity contribution in [3.05, 3.63) is 71.8 Å². The Bertz CT molecular complexity index is 657. The Kier molecular flexibility index (Phi) is 6.12. The van der Waals surface area contributed by atoms with Crippen LogP contribution >= 0.6 is 0 Å². The number of hydrogen-bond donors (Lipinski definition) is 2. The number of rotatable bonds is 8. The van der Waals surface area contributed by atoms with Crippen LogP contribution in [0.3, 0.4) is 0 Å². The fourth-order valence-corrected chi connectivity index (χ4v) is 3.54. The smallest absolute Gasteiger partial charge is 0.212 e. The first-order chi connectivity index (χ1) is 10.6. The van der Waals surface area contributed by atoms with Gasteiger partial charge in [0, 0.05) is 6.04 Å². The number of aliphatic hydroxyl groups is 1. The van der Waals surface area contributed by atoms with Gasteiger partial charge in [0.25, 0.3) is 0 Å². The van der Waals surface area contributed by atoms with Gasteiger partial charge in [-0.1, -0.05) is 60.7 Å². The van der Waals surface area contributed by atoms with Crippen molar-refractivity contribution < 1.29 is 13.5 Å². The number of benzene rings is 2. The summed E-state index contributed by atoms with van der Waals surface area (Å²) in [5.74, 6) is 0.0162. The van der Waals surface area contributed by atoms with Crippen LogP contribution in [0.1, 0.15) is 11.1 Å². The average molecular weight is 319 g/mol. The SMILES string of the molecule is O=S(=O)(CCc1ccccc1)N[C@H](CO)Cc1ccccc1. The Morgan fingerprint density at radius 3 is 2.00 bits per heavy atom. The molecule has 0 aromatic heterocycles. The van der Waals surface area contributed by atoms with Gasteiger partial charge in [0.2, 0.25) is 10.0 Å². The maximum absolute atomic E-state index is 12.1. The molecule has 2 rings (SSSR count). The lowest BCUT2D eigenvalue weighted by atomic mass is 10.1. The van der Waals surface area contributed by atoms with Crippen LogP contribution in [-0.4, -0.2) is 31.9 Å². The highest BCUT2D eigenvalue weighted by molar-refractivity contribution is 7.89. The molecule has 118 valence electrons. The van der Waals surface area contributed by atoms with Crippen LogP contribution in [0.25, 0.3) is 0 Å². The molecule has 22 heavy (non-hydrogen) atoms. The Hall–Kier alpha value is -1.69. The monoisotopic (exact) mass is 319 g/mol. The summed E-state index contributed by atoms with van der Waals surface area (Å²) in [7, 11) is -3.42. The molecule has 2 N–H and O–H groups in total. The van der Waals surface area contributed by atoms with E-state index in [0.717, 1.165) is 11.1 Å². The Labute approximate surface area is 131 Å². The van der Waals surface area contributed by atoms with Crippen molar-refractivity contribution in [2.45, 2.75) is 18.9 Å². The summed E-state index contributed by atoms with van der Waals surface area (Å²) in [6.45, 7) is -0.223. The van der Waals surface area contributed by atoms with E-state index in [1.807, 2.05) is 60.7 Å². The molecule has 0 saturated carbocycles. The quantitative estimate of drug-likeness (QED) is 0.779. The van der Waals surface area contributed by atoms with Gasteiger partial charge < -0.3 is 5.11 Å². The molecule has 0 spiro atoms. The van der Waals surface area contributed by atoms with Crippen LogP contribution in [0, 0.1) is 0 Å². The predicted molar refractivity (Wildman–Crippen MR) is 88.1 cm³/mol. The first-order valence-corrected chi connectivity index (χ1v) is 8.93. The molecule has 0 unspecified atom stereocenters. The van der Waals surface area contributed by atoms with E-state index in [9.17, 15) is 13.5 Å². The first-order valence-electron chi connectivity index (χ1n) is 7.28.